The zero-order chi connectivity index (χ0) is 37.3. The summed E-state index contributed by atoms with van der Waals surface area (Å²) >= 11 is 0. The van der Waals surface area contributed by atoms with Gasteiger partial charge in [-0.1, -0.05) is 140 Å². The van der Waals surface area contributed by atoms with Crippen molar-refractivity contribution in [2.24, 2.45) is 0 Å². The third-order valence-corrected chi connectivity index (χ3v) is 10.7. The molecule has 0 aliphatic heterocycles. The van der Waals surface area contributed by atoms with Gasteiger partial charge in [-0.05, 0) is 58.1 Å². The predicted octanol–water partition coefficient (Wildman–Crippen LogP) is 11.3. The van der Waals surface area contributed by atoms with Crippen molar-refractivity contribution in [3.63, 3.8) is 0 Å². The first kappa shape index (κ1) is 31.7. The Morgan fingerprint density at radius 3 is 1.48 bits per heavy atom. The smallest absolute Gasteiger partial charge is 0.358 e. The summed E-state index contributed by atoms with van der Waals surface area (Å²) in [6, 6.07) is 55.7. The molecule has 11 aromatic rings. The molecule has 0 fully saturated rings. The molecular formula is C49H29N3O4. The fourth-order valence-corrected chi connectivity index (χ4v) is 7.97. The van der Waals surface area contributed by atoms with Crippen molar-refractivity contribution in [2.45, 2.75) is 0 Å². The molecule has 11 rings (SSSR count). The van der Waals surface area contributed by atoms with Gasteiger partial charge in [0.2, 0.25) is 0 Å². The van der Waals surface area contributed by atoms with E-state index in [0.717, 1.165) is 87.4 Å². The lowest BCUT2D eigenvalue weighted by atomic mass is 9.96. The first-order valence-corrected chi connectivity index (χ1v) is 18.4. The Bertz CT molecular complexity index is 3450. The molecule has 0 bridgehead atoms. The normalized spacial score (nSPS) is 11.7. The van der Waals surface area contributed by atoms with Crippen molar-refractivity contribution in [1.82, 2.24) is 14.0 Å². The molecule has 0 spiro atoms. The van der Waals surface area contributed by atoms with E-state index in [-0.39, 0.29) is 5.65 Å². The highest BCUT2D eigenvalue weighted by molar-refractivity contribution is 6.10. The Morgan fingerprint density at radius 2 is 0.911 bits per heavy atom. The lowest BCUT2D eigenvalue weighted by molar-refractivity contribution is 0.669. The fourth-order valence-electron chi connectivity index (χ4n) is 7.97. The monoisotopic (exact) mass is 723 g/mol. The van der Waals surface area contributed by atoms with Crippen LogP contribution in [0.3, 0.4) is 0 Å². The van der Waals surface area contributed by atoms with Crippen LogP contribution >= 0.6 is 0 Å². The van der Waals surface area contributed by atoms with Crippen LogP contribution in [0.1, 0.15) is 0 Å². The van der Waals surface area contributed by atoms with E-state index in [1.54, 1.807) is 30.5 Å². The molecule has 0 N–H and O–H groups in total. The van der Waals surface area contributed by atoms with Crippen LogP contribution in [0.4, 0.5) is 0 Å². The summed E-state index contributed by atoms with van der Waals surface area (Å²) in [6.07, 6.45) is 1.76. The molecule has 0 aliphatic rings. The minimum atomic E-state index is -0.646. The van der Waals surface area contributed by atoms with E-state index in [1.165, 1.54) is 4.40 Å². The maximum atomic E-state index is 14.3. The summed E-state index contributed by atoms with van der Waals surface area (Å²) in [5.41, 5.74) is 10.0. The van der Waals surface area contributed by atoms with Gasteiger partial charge in [0.15, 0.2) is 5.65 Å². The third kappa shape index (κ3) is 4.95. The molecule has 264 valence electrons. The average molecular weight is 724 g/mol. The SMILES string of the molecule is O=c1nc2c(-c3ccc(-c4cccc5c4oc4ccccc45)cc3)cc(-c3ccc(-c4cccc5c4oc4ccccc45)cc3)cn2c(=O)n1-c1ccccc1. The number of pyridine rings is 1. The van der Waals surface area contributed by atoms with Gasteiger partial charge in [-0.3, -0.25) is 4.40 Å². The molecule has 7 heteroatoms. The number of aromatic nitrogens is 3. The van der Waals surface area contributed by atoms with E-state index in [4.69, 9.17) is 8.83 Å². The molecule has 7 nitrogen and oxygen atoms in total. The number of para-hydroxylation sites is 5. The first-order valence-electron chi connectivity index (χ1n) is 18.4. The number of fused-ring (bicyclic) bond motifs is 7. The van der Waals surface area contributed by atoms with Crippen LogP contribution in [0, 0.1) is 0 Å². The van der Waals surface area contributed by atoms with Crippen LogP contribution in [0.15, 0.2) is 194 Å². The number of hydrogen-bond donors (Lipinski definition) is 0. The molecule has 0 saturated carbocycles. The number of hydrogen-bond acceptors (Lipinski definition) is 5. The van der Waals surface area contributed by atoms with Crippen molar-refractivity contribution in [1.29, 1.82) is 0 Å². The van der Waals surface area contributed by atoms with Gasteiger partial charge in [0.1, 0.15) is 22.3 Å². The summed E-state index contributed by atoms with van der Waals surface area (Å²) in [4.78, 5) is 32.3. The van der Waals surface area contributed by atoms with Crippen molar-refractivity contribution >= 4 is 49.5 Å². The van der Waals surface area contributed by atoms with Gasteiger partial charge < -0.3 is 8.83 Å². The van der Waals surface area contributed by atoms with E-state index in [1.807, 2.05) is 91.0 Å². The molecule has 0 saturated heterocycles. The van der Waals surface area contributed by atoms with Gasteiger partial charge in [-0.15, -0.1) is 0 Å². The van der Waals surface area contributed by atoms with Crippen LogP contribution in [-0.2, 0) is 0 Å². The summed E-state index contributed by atoms with van der Waals surface area (Å²) in [5.74, 6) is 0. The average Bonchev–Trinajstić information content (AvgIpc) is 3.83. The van der Waals surface area contributed by atoms with Gasteiger partial charge in [0.05, 0.1) is 5.69 Å². The number of benzene rings is 7. The van der Waals surface area contributed by atoms with E-state index in [0.29, 0.717) is 11.3 Å². The van der Waals surface area contributed by atoms with E-state index < -0.39 is 11.4 Å². The van der Waals surface area contributed by atoms with Gasteiger partial charge in [0.25, 0.3) is 0 Å². The summed E-state index contributed by atoms with van der Waals surface area (Å²) < 4.78 is 15.2. The van der Waals surface area contributed by atoms with E-state index >= 15 is 0 Å². The van der Waals surface area contributed by atoms with E-state index in [2.05, 4.69) is 59.6 Å². The van der Waals surface area contributed by atoms with E-state index in [9.17, 15) is 9.59 Å². The van der Waals surface area contributed by atoms with Crippen LogP contribution in [0.2, 0.25) is 0 Å². The van der Waals surface area contributed by atoms with Crippen molar-refractivity contribution in [2.75, 3.05) is 0 Å². The second-order valence-electron chi connectivity index (χ2n) is 13.9. The lowest BCUT2D eigenvalue weighted by Gasteiger charge is -2.14. The molecule has 0 aliphatic carbocycles. The maximum absolute atomic E-state index is 14.3. The highest BCUT2D eigenvalue weighted by Crippen LogP contribution is 2.39. The van der Waals surface area contributed by atoms with Gasteiger partial charge >= 0.3 is 11.4 Å². The van der Waals surface area contributed by atoms with Crippen LogP contribution in [0.25, 0.3) is 99.7 Å². The maximum Gasteiger partial charge on any atom is 0.358 e. The van der Waals surface area contributed by atoms with Crippen molar-refractivity contribution in [3.05, 3.63) is 197 Å². The largest absolute Gasteiger partial charge is 0.455 e. The van der Waals surface area contributed by atoms with Gasteiger partial charge in [0, 0.05) is 44.4 Å². The Hall–Kier alpha value is -7.77. The van der Waals surface area contributed by atoms with Gasteiger partial charge in [-0.2, -0.15) is 4.98 Å². The quantitative estimate of drug-likeness (QED) is 0.177. The second kappa shape index (κ2) is 12.4. The standard InChI is InChI=1S/C49H29N3O4/c53-48-50-47-42(33-26-24-32(25-27-33)37-15-9-17-41-39-13-5-7-19-44(39)56-46(37)41)28-34(29-51(47)49(54)52(48)35-10-2-1-3-11-35)30-20-22-31(23-21-30)36-14-8-16-40-38-12-4-6-18-43(38)55-45(36)40/h1-29H. The highest BCUT2D eigenvalue weighted by atomic mass is 16.3. The lowest BCUT2D eigenvalue weighted by Crippen LogP contribution is -2.38. The zero-order valence-corrected chi connectivity index (χ0v) is 29.7. The molecule has 4 aromatic heterocycles. The third-order valence-electron chi connectivity index (χ3n) is 10.7. The second-order valence-corrected chi connectivity index (χ2v) is 13.9. The Labute approximate surface area is 318 Å². The molecule has 0 radical (unpaired) electrons. The predicted molar refractivity (Wildman–Crippen MR) is 223 cm³/mol. The first-order chi connectivity index (χ1) is 27.6. The Kier molecular flexibility index (Phi) is 7.02. The van der Waals surface area contributed by atoms with Crippen LogP contribution in [0.5, 0.6) is 0 Å². The number of nitrogens with zero attached hydrogens (tertiary/aromatic N) is 3. The number of rotatable bonds is 5. The fraction of sp³-hybridized carbons (Fsp3) is 0. The molecule has 0 atom stereocenters. The topological polar surface area (TPSA) is 82.7 Å². The molecule has 56 heavy (non-hydrogen) atoms. The van der Waals surface area contributed by atoms with Crippen molar-refractivity contribution in [3.8, 4) is 50.2 Å². The molecule has 7 aromatic carbocycles. The molecule has 0 unspecified atom stereocenters. The Morgan fingerprint density at radius 1 is 0.429 bits per heavy atom. The molecule has 0 amide bonds. The molecule has 4 heterocycles. The number of furan rings is 2. The van der Waals surface area contributed by atoms with Crippen LogP contribution in [-0.4, -0.2) is 14.0 Å². The minimum absolute atomic E-state index is 0.274. The van der Waals surface area contributed by atoms with Gasteiger partial charge in [-0.25, -0.2) is 14.2 Å². The Balaban J connectivity index is 1.06. The summed E-state index contributed by atoms with van der Waals surface area (Å²) in [5, 5.41) is 4.27. The molecular weight excluding hydrogens is 695 g/mol. The highest BCUT2D eigenvalue weighted by Gasteiger charge is 2.18. The summed E-state index contributed by atoms with van der Waals surface area (Å²) in [6.45, 7) is 0. The zero-order valence-electron chi connectivity index (χ0n) is 29.7. The van der Waals surface area contributed by atoms with Crippen LogP contribution < -0.4 is 11.4 Å². The minimum Gasteiger partial charge on any atom is -0.455 e. The van der Waals surface area contributed by atoms with Crippen molar-refractivity contribution < 1.29 is 8.83 Å². The summed E-state index contributed by atoms with van der Waals surface area (Å²) in [7, 11) is 0.